The molecule has 0 aliphatic carbocycles. The molecule has 92 valence electrons. The summed E-state index contributed by atoms with van der Waals surface area (Å²) in [6.45, 7) is 3.67. The first kappa shape index (κ1) is 11.0. The van der Waals surface area contributed by atoms with Crippen LogP contribution < -0.4 is 10.1 Å². The Kier molecular flexibility index (Phi) is 2.84. The van der Waals surface area contributed by atoms with Crippen LogP contribution >= 0.6 is 0 Å². The maximum atomic E-state index is 5.50. The zero-order valence-corrected chi connectivity index (χ0v) is 10.3. The van der Waals surface area contributed by atoms with Gasteiger partial charge in [-0.1, -0.05) is 0 Å². The highest BCUT2D eigenvalue weighted by atomic mass is 16.5. The molecule has 1 aliphatic rings. The van der Waals surface area contributed by atoms with Crippen molar-refractivity contribution >= 4 is 5.82 Å². The molecule has 18 heavy (non-hydrogen) atoms. The molecule has 1 aromatic heterocycles. The van der Waals surface area contributed by atoms with Crippen molar-refractivity contribution in [2.45, 2.75) is 13.3 Å². The second-order valence-electron chi connectivity index (χ2n) is 4.24. The number of rotatable bonds is 3. The van der Waals surface area contributed by atoms with Crippen molar-refractivity contribution in [2.24, 2.45) is 0 Å². The maximum absolute atomic E-state index is 5.50. The SMILES string of the molecule is CCNc1cncc(-c2ccc3c(c2)CCO3)n1. The van der Waals surface area contributed by atoms with Gasteiger partial charge in [0, 0.05) is 18.5 Å². The number of ether oxygens (including phenoxy) is 1. The van der Waals surface area contributed by atoms with Gasteiger partial charge < -0.3 is 10.1 Å². The van der Waals surface area contributed by atoms with Crippen molar-refractivity contribution < 1.29 is 4.74 Å². The van der Waals surface area contributed by atoms with E-state index in [2.05, 4.69) is 21.4 Å². The van der Waals surface area contributed by atoms with E-state index in [0.717, 1.165) is 42.4 Å². The molecular weight excluding hydrogens is 226 g/mol. The topological polar surface area (TPSA) is 47.0 Å². The Morgan fingerprint density at radius 1 is 1.33 bits per heavy atom. The smallest absolute Gasteiger partial charge is 0.145 e. The Morgan fingerprint density at radius 3 is 3.17 bits per heavy atom. The average Bonchev–Trinajstić information content (AvgIpc) is 2.86. The molecule has 1 aromatic carbocycles. The Morgan fingerprint density at radius 2 is 2.28 bits per heavy atom. The zero-order valence-electron chi connectivity index (χ0n) is 10.3. The average molecular weight is 241 g/mol. The molecule has 3 rings (SSSR count). The summed E-state index contributed by atoms with van der Waals surface area (Å²) >= 11 is 0. The molecule has 0 radical (unpaired) electrons. The van der Waals surface area contributed by atoms with Crippen LogP contribution in [0.1, 0.15) is 12.5 Å². The molecule has 0 atom stereocenters. The molecule has 1 N–H and O–H groups in total. The van der Waals surface area contributed by atoms with E-state index >= 15 is 0 Å². The van der Waals surface area contributed by atoms with Crippen molar-refractivity contribution in [3.63, 3.8) is 0 Å². The summed E-state index contributed by atoms with van der Waals surface area (Å²) < 4.78 is 5.50. The summed E-state index contributed by atoms with van der Waals surface area (Å²) in [5, 5.41) is 3.17. The van der Waals surface area contributed by atoms with Crippen molar-refractivity contribution in [3.05, 3.63) is 36.2 Å². The molecule has 0 saturated carbocycles. The summed E-state index contributed by atoms with van der Waals surface area (Å²) in [5.74, 6) is 1.81. The molecule has 0 saturated heterocycles. The summed E-state index contributed by atoms with van der Waals surface area (Å²) in [6, 6.07) is 6.19. The van der Waals surface area contributed by atoms with Gasteiger partial charge in [-0.2, -0.15) is 0 Å². The van der Waals surface area contributed by atoms with Crippen LogP contribution in [0.5, 0.6) is 5.75 Å². The van der Waals surface area contributed by atoms with Gasteiger partial charge in [-0.15, -0.1) is 0 Å². The van der Waals surface area contributed by atoms with Crippen LogP contribution in [0.25, 0.3) is 11.3 Å². The van der Waals surface area contributed by atoms with Crippen molar-refractivity contribution in [1.29, 1.82) is 0 Å². The van der Waals surface area contributed by atoms with Crippen LogP contribution in [0.3, 0.4) is 0 Å². The normalized spacial score (nSPS) is 12.9. The maximum Gasteiger partial charge on any atom is 0.145 e. The molecule has 0 bridgehead atoms. The Bertz CT molecular complexity index is 569. The van der Waals surface area contributed by atoms with E-state index in [9.17, 15) is 0 Å². The standard InChI is InChI=1S/C14H15N3O/c1-2-16-14-9-15-8-12(17-14)10-3-4-13-11(7-10)5-6-18-13/h3-4,7-9H,2,5-6H2,1H3,(H,16,17). The van der Waals surface area contributed by atoms with Crippen LogP contribution in [0.4, 0.5) is 5.82 Å². The van der Waals surface area contributed by atoms with Crippen LogP contribution in [0.2, 0.25) is 0 Å². The van der Waals surface area contributed by atoms with Gasteiger partial charge >= 0.3 is 0 Å². The van der Waals surface area contributed by atoms with Crippen LogP contribution in [-0.2, 0) is 6.42 Å². The fraction of sp³-hybridized carbons (Fsp3) is 0.286. The summed E-state index contributed by atoms with van der Waals surface area (Å²) in [5.41, 5.74) is 3.23. The Labute approximate surface area is 106 Å². The monoisotopic (exact) mass is 241 g/mol. The van der Waals surface area contributed by atoms with E-state index < -0.39 is 0 Å². The summed E-state index contributed by atoms with van der Waals surface area (Å²) in [6.07, 6.45) is 4.51. The van der Waals surface area contributed by atoms with Gasteiger partial charge in [-0.25, -0.2) is 4.98 Å². The van der Waals surface area contributed by atoms with E-state index in [1.165, 1.54) is 5.56 Å². The van der Waals surface area contributed by atoms with Crippen LogP contribution in [-0.4, -0.2) is 23.1 Å². The summed E-state index contributed by atoms with van der Waals surface area (Å²) in [4.78, 5) is 8.76. The quantitative estimate of drug-likeness (QED) is 0.897. The van der Waals surface area contributed by atoms with Crippen LogP contribution in [0, 0.1) is 0 Å². The summed E-state index contributed by atoms with van der Waals surface area (Å²) in [7, 11) is 0. The molecule has 4 heteroatoms. The number of anilines is 1. The van der Waals surface area contributed by atoms with Gasteiger partial charge in [0.1, 0.15) is 11.6 Å². The van der Waals surface area contributed by atoms with E-state index in [4.69, 9.17) is 4.74 Å². The van der Waals surface area contributed by atoms with Crippen molar-refractivity contribution in [2.75, 3.05) is 18.5 Å². The third-order valence-electron chi connectivity index (χ3n) is 2.98. The van der Waals surface area contributed by atoms with E-state index in [0.29, 0.717) is 0 Å². The minimum atomic E-state index is 0.780. The van der Waals surface area contributed by atoms with Gasteiger partial charge in [0.25, 0.3) is 0 Å². The molecule has 0 fully saturated rings. The van der Waals surface area contributed by atoms with E-state index in [1.807, 2.05) is 19.1 Å². The van der Waals surface area contributed by atoms with Gasteiger partial charge in [0.2, 0.25) is 0 Å². The highest BCUT2D eigenvalue weighted by Crippen LogP contribution is 2.29. The minimum Gasteiger partial charge on any atom is -0.493 e. The highest BCUT2D eigenvalue weighted by Gasteiger charge is 2.13. The predicted molar refractivity (Wildman–Crippen MR) is 70.8 cm³/mol. The minimum absolute atomic E-state index is 0.780. The first-order valence-corrected chi connectivity index (χ1v) is 6.19. The lowest BCUT2D eigenvalue weighted by atomic mass is 10.1. The van der Waals surface area contributed by atoms with Crippen LogP contribution in [0.15, 0.2) is 30.6 Å². The van der Waals surface area contributed by atoms with Gasteiger partial charge in [-0.3, -0.25) is 4.98 Å². The van der Waals surface area contributed by atoms with Crippen molar-refractivity contribution in [1.82, 2.24) is 9.97 Å². The number of hydrogen-bond donors (Lipinski definition) is 1. The van der Waals surface area contributed by atoms with Gasteiger partial charge in [0.15, 0.2) is 0 Å². The third-order valence-corrected chi connectivity index (χ3v) is 2.98. The molecule has 1 aliphatic heterocycles. The number of benzene rings is 1. The fourth-order valence-corrected chi connectivity index (χ4v) is 2.12. The van der Waals surface area contributed by atoms with E-state index in [-0.39, 0.29) is 0 Å². The van der Waals surface area contributed by atoms with E-state index in [1.54, 1.807) is 12.4 Å². The molecule has 0 spiro atoms. The Balaban J connectivity index is 1.96. The molecule has 4 nitrogen and oxygen atoms in total. The first-order valence-electron chi connectivity index (χ1n) is 6.19. The van der Waals surface area contributed by atoms with Crippen molar-refractivity contribution in [3.8, 4) is 17.0 Å². The second-order valence-corrected chi connectivity index (χ2v) is 4.24. The number of fused-ring (bicyclic) bond motifs is 1. The lowest BCUT2D eigenvalue weighted by molar-refractivity contribution is 0.357. The van der Waals surface area contributed by atoms with Gasteiger partial charge in [0.05, 0.1) is 24.7 Å². The fourth-order valence-electron chi connectivity index (χ4n) is 2.12. The molecule has 0 amide bonds. The molecule has 0 unspecified atom stereocenters. The second kappa shape index (κ2) is 4.64. The lowest BCUT2D eigenvalue weighted by Crippen LogP contribution is -2.00. The van der Waals surface area contributed by atoms with Gasteiger partial charge in [-0.05, 0) is 30.7 Å². The highest BCUT2D eigenvalue weighted by molar-refractivity contribution is 5.63. The molecule has 2 heterocycles. The third kappa shape index (κ3) is 2.01. The largest absolute Gasteiger partial charge is 0.493 e. The number of aromatic nitrogens is 2. The zero-order chi connectivity index (χ0) is 12.4. The molecular formula is C14H15N3O. The number of hydrogen-bond acceptors (Lipinski definition) is 4. The predicted octanol–water partition coefficient (Wildman–Crippen LogP) is 2.51. The number of nitrogens with zero attached hydrogens (tertiary/aromatic N) is 2. The number of nitrogens with one attached hydrogen (secondary N) is 1. The first-order chi connectivity index (χ1) is 8.86. The lowest BCUT2D eigenvalue weighted by Gasteiger charge is -2.06. The molecule has 2 aromatic rings. The Hall–Kier alpha value is -2.10.